The SMILES string of the molecule is CC(c1ccc(C#N)cc1)C(O)(Cn1cncn1)c1ccc(F)cc1F. The van der Waals surface area contributed by atoms with Crippen molar-refractivity contribution in [3.05, 3.63) is 83.4 Å². The molecule has 5 nitrogen and oxygen atoms in total. The highest BCUT2D eigenvalue weighted by Gasteiger charge is 2.39. The van der Waals surface area contributed by atoms with Crippen molar-refractivity contribution in [2.75, 3.05) is 0 Å². The maximum atomic E-state index is 14.5. The first-order chi connectivity index (χ1) is 12.4. The van der Waals surface area contributed by atoms with Crippen LogP contribution < -0.4 is 0 Å². The van der Waals surface area contributed by atoms with Crippen LogP contribution >= 0.6 is 0 Å². The van der Waals surface area contributed by atoms with Crippen LogP contribution in [0.25, 0.3) is 0 Å². The molecule has 0 fully saturated rings. The Bertz CT molecular complexity index is 935. The zero-order valence-electron chi connectivity index (χ0n) is 14.0. The van der Waals surface area contributed by atoms with Crippen LogP contribution in [0.1, 0.15) is 29.5 Å². The summed E-state index contributed by atoms with van der Waals surface area (Å²) in [5, 5.41) is 24.4. The van der Waals surface area contributed by atoms with Crippen molar-refractivity contribution in [2.45, 2.75) is 25.0 Å². The fourth-order valence-electron chi connectivity index (χ4n) is 2.98. The van der Waals surface area contributed by atoms with Gasteiger partial charge in [0, 0.05) is 17.5 Å². The predicted molar refractivity (Wildman–Crippen MR) is 89.8 cm³/mol. The minimum Gasteiger partial charge on any atom is -0.382 e. The summed E-state index contributed by atoms with van der Waals surface area (Å²) >= 11 is 0. The lowest BCUT2D eigenvalue weighted by Crippen LogP contribution is -2.38. The van der Waals surface area contributed by atoms with Gasteiger partial charge in [0.1, 0.15) is 29.9 Å². The van der Waals surface area contributed by atoms with E-state index in [1.54, 1.807) is 31.2 Å². The molecule has 0 saturated heterocycles. The quantitative estimate of drug-likeness (QED) is 0.764. The normalized spacial score (nSPS) is 14.4. The predicted octanol–water partition coefficient (Wildman–Crippen LogP) is 3.12. The van der Waals surface area contributed by atoms with Gasteiger partial charge in [-0.05, 0) is 23.8 Å². The van der Waals surface area contributed by atoms with Gasteiger partial charge in [-0.25, -0.2) is 18.4 Å². The van der Waals surface area contributed by atoms with E-state index in [0.717, 1.165) is 12.1 Å². The minimum absolute atomic E-state index is 0.0359. The lowest BCUT2D eigenvalue weighted by Gasteiger charge is -2.35. The second-order valence-corrected chi connectivity index (χ2v) is 6.10. The van der Waals surface area contributed by atoms with Crippen molar-refractivity contribution in [2.24, 2.45) is 0 Å². The number of hydrogen-bond acceptors (Lipinski definition) is 4. The molecule has 0 radical (unpaired) electrons. The Morgan fingerprint density at radius 1 is 1.23 bits per heavy atom. The molecule has 3 rings (SSSR count). The van der Waals surface area contributed by atoms with E-state index in [1.165, 1.54) is 23.4 Å². The van der Waals surface area contributed by atoms with Crippen LogP contribution in [0.2, 0.25) is 0 Å². The molecular formula is C19H16F2N4O. The maximum Gasteiger partial charge on any atom is 0.137 e. The highest BCUT2D eigenvalue weighted by atomic mass is 19.1. The van der Waals surface area contributed by atoms with Gasteiger partial charge in [-0.3, -0.25) is 0 Å². The number of halogens is 2. The average molecular weight is 354 g/mol. The van der Waals surface area contributed by atoms with E-state index >= 15 is 0 Å². The van der Waals surface area contributed by atoms with Crippen LogP contribution in [-0.2, 0) is 12.1 Å². The topological polar surface area (TPSA) is 74.7 Å². The van der Waals surface area contributed by atoms with Crippen LogP contribution in [0.15, 0.2) is 55.1 Å². The molecule has 0 spiro atoms. The fraction of sp³-hybridized carbons (Fsp3) is 0.211. The second-order valence-electron chi connectivity index (χ2n) is 6.10. The number of benzene rings is 2. The summed E-state index contributed by atoms with van der Waals surface area (Å²) in [5.74, 6) is -2.13. The lowest BCUT2D eigenvalue weighted by atomic mass is 9.78. The first-order valence-corrected chi connectivity index (χ1v) is 7.94. The van der Waals surface area contributed by atoms with E-state index in [9.17, 15) is 13.9 Å². The molecule has 2 aromatic carbocycles. The number of aromatic nitrogens is 3. The average Bonchev–Trinajstić information content (AvgIpc) is 3.13. The molecule has 0 bridgehead atoms. The molecule has 0 aliphatic heterocycles. The molecule has 0 aliphatic rings. The van der Waals surface area contributed by atoms with E-state index in [0.29, 0.717) is 11.1 Å². The summed E-state index contributed by atoms with van der Waals surface area (Å²) in [7, 11) is 0. The van der Waals surface area contributed by atoms with Gasteiger partial charge in [-0.1, -0.05) is 25.1 Å². The van der Waals surface area contributed by atoms with E-state index in [1.807, 2.05) is 6.07 Å². The van der Waals surface area contributed by atoms with Gasteiger partial charge >= 0.3 is 0 Å². The number of nitriles is 1. The van der Waals surface area contributed by atoms with Crippen molar-refractivity contribution in [1.29, 1.82) is 5.26 Å². The zero-order chi connectivity index (χ0) is 18.7. The molecule has 1 aromatic heterocycles. The summed E-state index contributed by atoms with van der Waals surface area (Å²) in [6.07, 6.45) is 2.73. The highest BCUT2D eigenvalue weighted by Crippen LogP contribution is 2.39. The molecule has 0 amide bonds. The van der Waals surface area contributed by atoms with Gasteiger partial charge in [0.2, 0.25) is 0 Å². The number of aliphatic hydroxyl groups is 1. The summed E-state index contributed by atoms with van der Waals surface area (Å²) < 4.78 is 29.2. The zero-order valence-corrected chi connectivity index (χ0v) is 14.0. The Balaban J connectivity index is 2.08. The molecule has 2 unspecified atom stereocenters. The molecule has 1 N–H and O–H groups in total. The van der Waals surface area contributed by atoms with E-state index in [-0.39, 0.29) is 12.1 Å². The molecule has 0 aliphatic carbocycles. The third-order valence-electron chi connectivity index (χ3n) is 4.52. The Morgan fingerprint density at radius 3 is 2.54 bits per heavy atom. The monoisotopic (exact) mass is 354 g/mol. The minimum atomic E-state index is -1.71. The lowest BCUT2D eigenvalue weighted by molar-refractivity contribution is -0.0112. The van der Waals surface area contributed by atoms with Crippen LogP contribution in [0, 0.1) is 23.0 Å². The smallest absolute Gasteiger partial charge is 0.137 e. The first kappa shape index (κ1) is 17.7. The molecule has 2 atom stereocenters. The Kier molecular flexibility index (Phi) is 4.78. The van der Waals surface area contributed by atoms with Crippen LogP contribution in [0.3, 0.4) is 0 Å². The molecule has 132 valence electrons. The van der Waals surface area contributed by atoms with Crippen LogP contribution in [-0.4, -0.2) is 19.9 Å². The Hall–Kier alpha value is -3.11. The Morgan fingerprint density at radius 2 is 1.96 bits per heavy atom. The maximum absolute atomic E-state index is 14.5. The van der Waals surface area contributed by atoms with Crippen molar-refractivity contribution in [3.8, 4) is 6.07 Å². The summed E-state index contributed by atoms with van der Waals surface area (Å²) in [5.41, 5.74) is -0.560. The molecule has 1 heterocycles. The van der Waals surface area contributed by atoms with Gasteiger partial charge in [0.15, 0.2) is 0 Å². The largest absolute Gasteiger partial charge is 0.382 e. The number of hydrogen-bond donors (Lipinski definition) is 1. The summed E-state index contributed by atoms with van der Waals surface area (Å²) in [6.45, 7) is 1.66. The van der Waals surface area contributed by atoms with Crippen molar-refractivity contribution in [1.82, 2.24) is 14.8 Å². The van der Waals surface area contributed by atoms with E-state index in [4.69, 9.17) is 5.26 Å². The van der Waals surface area contributed by atoms with Gasteiger partial charge in [0.25, 0.3) is 0 Å². The van der Waals surface area contributed by atoms with Gasteiger partial charge < -0.3 is 5.11 Å². The second kappa shape index (κ2) is 7.02. The van der Waals surface area contributed by atoms with Gasteiger partial charge in [-0.2, -0.15) is 10.4 Å². The summed E-state index contributed by atoms with van der Waals surface area (Å²) in [6, 6.07) is 11.8. The van der Waals surface area contributed by atoms with Gasteiger partial charge in [-0.15, -0.1) is 0 Å². The fourth-order valence-corrected chi connectivity index (χ4v) is 2.98. The first-order valence-electron chi connectivity index (χ1n) is 7.94. The standard InChI is InChI=1S/C19H16F2N4O/c1-13(15-4-2-14(9-22)3-5-15)19(26,10-25-12-23-11-24-25)17-7-6-16(20)8-18(17)21/h2-8,11-13,26H,10H2,1H3. The summed E-state index contributed by atoms with van der Waals surface area (Å²) in [4.78, 5) is 3.84. The molecule has 0 saturated carbocycles. The molecule has 3 aromatic rings. The third-order valence-corrected chi connectivity index (χ3v) is 4.52. The Labute approximate surface area is 149 Å². The van der Waals surface area contributed by atoms with Gasteiger partial charge in [0.05, 0.1) is 18.2 Å². The van der Waals surface area contributed by atoms with Crippen molar-refractivity contribution < 1.29 is 13.9 Å². The van der Waals surface area contributed by atoms with E-state index < -0.39 is 23.2 Å². The number of rotatable bonds is 5. The molecular weight excluding hydrogens is 338 g/mol. The van der Waals surface area contributed by atoms with E-state index in [2.05, 4.69) is 10.1 Å². The van der Waals surface area contributed by atoms with Crippen molar-refractivity contribution >= 4 is 0 Å². The number of nitrogens with zero attached hydrogens (tertiary/aromatic N) is 4. The van der Waals surface area contributed by atoms with Crippen molar-refractivity contribution in [3.63, 3.8) is 0 Å². The van der Waals surface area contributed by atoms with Crippen LogP contribution in [0.5, 0.6) is 0 Å². The highest BCUT2D eigenvalue weighted by molar-refractivity contribution is 5.36. The molecule has 26 heavy (non-hydrogen) atoms. The molecule has 7 heteroatoms. The third kappa shape index (κ3) is 3.32. The van der Waals surface area contributed by atoms with Crippen LogP contribution in [0.4, 0.5) is 8.78 Å².